The largest absolute Gasteiger partial charge is 0.496 e. The van der Waals surface area contributed by atoms with Crippen LogP contribution in [0.15, 0.2) is 54.0 Å². The van der Waals surface area contributed by atoms with E-state index in [-0.39, 0.29) is 13.2 Å². The molecule has 0 unspecified atom stereocenters. The first-order chi connectivity index (χ1) is 15.1. The van der Waals surface area contributed by atoms with E-state index in [0.717, 1.165) is 16.6 Å². The van der Waals surface area contributed by atoms with Gasteiger partial charge < -0.3 is 29.8 Å². The average Bonchev–Trinajstić information content (AvgIpc) is 2.97. The smallest absolute Gasteiger partial charge is 0.492 e. The van der Waals surface area contributed by atoms with E-state index < -0.39 is 24.4 Å². The Kier molecular flexibility index (Phi) is 7.16. The van der Waals surface area contributed by atoms with Crippen LogP contribution in [0.4, 0.5) is 10.5 Å². The summed E-state index contributed by atoms with van der Waals surface area (Å²) in [6.07, 6.45) is 1.36. The van der Waals surface area contributed by atoms with Crippen molar-refractivity contribution in [1.29, 1.82) is 0 Å². The van der Waals surface area contributed by atoms with E-state index >= 15 is 0 Å². The van der Waals surface area contributed by atoms with Crippen molar-refractivity contribution in [1.82, 2.24) is 5.32 Å². The maximum absolute atomic E-state index is 12.3. The molecule has 32 heavy (non-hydrogen) atoms. The maximum Gasteiger partial charge on any atom is 0.492 e. The zero-order valence-electron chi connectivity index (χ0n) is 19.3. The standard InChI is InChI=1S/C24H31BN2O5/c1-23(2)24(3,4)32-25(31-23)19(13-18-11-12-20(26)14-21(18)29-5)15-27-22(28)30-16-17-9-7-6-8-10-17/h6-14H,15-16,26H2,1-5H3,(H,27,28). The van der Waals surface area contributed by atoms with Crippen LogP contribution in [0.25, 0.3) is 6.08 Å². The third kappa shape index (κ3) is 5.63. The van der Waals surface area contributed by atoms with Crippen LogP contribution < -0.4 is 15.8 Å². The highest BCUT2D eigenvalue weighted by molar-refractivity contribution is 6.56. The van der Waals surface area contributed by atoms with E-state index in [9.17, 15) is 4.79 Å². The molecule has 7 nitrogen and oxygen atoms in total. The zero-order chi connectivity index (χ0) is 23.4. The fourth-order valence-electron chi connectivity index (χ4n) is 3.19. The number of nitrogens with two attached hydrogens (primary N) is 1. The Hall–Kier alpha value is -2.97. The molecule has 1 fully saturated rings. The molecule has 3 N–H and O–H groups in total. The Labute approximate surface area is 190 Å². The number of anilines is 1. The molecule has 0 aromatic heterocycles. The lowest BCUT2D eigenvalue weighted by Gasteiger charge is -2.32. The number of amides is 1. The number of hydrogen-bond donors (Lipinski definition) is 2. The fraction of sp³-hybridized carbons (Fsp3) is 0.375. The Balaban J connectivity index is 1.78. The molecule has 0 saturated carbocycles. The highest BCUT2D eigenvalue weighted by Gasteiger charge is 2.52. The van der Waals surface area contributed by atoms with Gasteiger partial charge in [0.2, 0.25) is 0 Å². The predicted molar refractivity (Wildman–Crippen MR) is 126 cm³/mol. The third-order valence-corrected chi connectivity index (χ3v) is 5.80. The molecule has 3 rings (SSSR count). The number of nitrogen functional groups attached to an aromatic ring is 1. The van der Waals surface area contributed by atoms with E-state index in [1.165, 1.54) is 0 Å². The average molecular weight is 438 g/mol. The second kappa shape index (κ2) is 9.67. The number of methoxy groups -OCH3 is 1. The molecule has 2 aromatic rings. The summed E-state index contributed by atoms with van der Waals surface area (Å²) < 4.78 is 23.2. The Morgan fingerprint density at radius 1 is 1.09 bits per heavy atom. The van der Waals surface area contributed by atoms with Gasteiger partial charge in [0.15, 0.2) is 0 Å². The van der Waals surface area contributed by atoms with Gasteiger partial charge in [0, 0.05) is 23.9 Å². The van der Waals surface area contributed by atoms with Gasteiger partial charge in [-0.05, 0) is 50.9 Å². The fourth-order valence-corrected chi connectivity index (χ4v) is 3.19. The van der Waals surface area contributed by atoms with E-state index in [1.54, 1.807) is 19.2 Å². The minimum absolute atomic E-state index is 0.179. The summed E-state index contributed by atoms with van der Waals surface area (Å²) in [5.41, 5.74) is 7.88. The van der Waals surface area contributed by atoms with E-state index in [4.69, 9.17) is 24.5 Å². The first-order valence-corrected chi connectivity index (χ1v) is 10.6. The van der Waals surface area contributed by atoms with Crippen LogP contribution in [-0.2, 0) is 20.7 Å². The van der Waals surface area contributed by atoms with Crippen molar-refractivity contribution < 1.29 is 23.6 Å². The highest BCUT2D eigenvalue weighted by atomic mass is 16.7. The van der Waals surface area contributed by atoms with Crippen LogP contribution in [0.2, 0.25) is 0 Å². The number of carbonyl (C=O) groups excluding carboxylic acids is 1. The molecule has 0 spiro atoms. The number of hydrogen-bond acceptors (Lipinski definition) is 6. The van der Waals surface area contributed by atoms with Crippen molar-refractivity contribution in [2.45, 2.75) is 45.5 Å². The first kappa shape index (κ1) is 23.7. The molecule has 0 aliphatic carbocycles. The minimum atomic E-state index is -0.642. The van der Waals surface area contributed by atoms with Gasteiger partial charge in [-0.1, -0.05) is 36.4 Å². The van der Waals surface area contributed by atoms with E-state index in [0.29, 0.717) is 11.4 Å². The van der Waals surface area contributed by atoms with Crippen molar-refractivity contribution >= 4 is 25.0 Å². The van der Waals surface area contributed by atoms with Gasteiger partial charge in [-0.15, -0.1) is 0 Å². The summed E-state index contributed by atoms with van der Waals surface area (Å²) >= 11 is 0. The second-order valence-corrected chi connectivity index (χ2v) is 8.72. The van der Waals surface area contributed by atoms with Crippen molar-refractivity contribution in [3.8, 4) is 5.75 Å². The lowest BCUT2D eigenvalue weighted by atomic mass is 9.77. The molecule has 1 heterocycles. The molecule has 1 aliphatic rings. The van der Waals surface area contributed by atoms with E-state index in [2.05, 4.69) is 5.32 Å². The molecule has 0 bridgehead atoms. The summed E-state index contributed by atoms with van der Waals surface area (Å²) in [5, 5.41) is 2.80. The summed E-state index contributed by atoms with van der Waals surface area (Å²) in [7, 11) is 0.941. The van der Waals surface area contributed by atoms with Gasteiger partial charge in [0.25, 0.3) is 0 Å². The summed E-state index contributed by atoms with van der Waals surface area (Å²) in [6, 6.07) is 14.9. The molecule has 1 saturated heterocycles. The van der Waals surface area contributed by atoms with Gasteiger partial charge in [-0.2, -0.15) is 0 Å². The van der Waals surface area contributed by atoms with Gasteiger partial charge in [0.1, 0.15) is 12.4 Å². The molecule has 8 heteroatoms. The lowest BCUT2D eigenvalue weighted by molar-refractivity contribution is 0.00578. The van der Waals surface area contributed by atoms with E-state index in [1.807, 2.05) is 70.2 Å². The zero-order valence-corrected chi connectivity index (χ0v) is 19.3. The molecule has 1 amide bonds. The molecule has 1 aliphatic heterocycles. The first-order valence-electron chi connectivity index (χ1n) is 10.6. The Bertz CT molecular complexity index is 960. The molecule has 0 atom stereocenters. The second-order valence-electron chi connectivity index (χ2n) is 8.72. The SMILES string of the molecule is COc1cc(N)ccc1C=C(CNC(=O)OCc1ccccc1)B1OC(C)(C)C(C)(C)O1. The van der Waals surface area contributed by atoms with Crippen LogP contribution in [0, 0.1) is 0 Å². The van der Waals surface area contributed by atoms with Gasteiger partial charge in [-0.25, -0.2) is 4.79 Å². The lowest BCUT2D eigenvalue weighted by Crippen LogP contribution is -2.41. The Morgan fingerprint density at radius 3 is 2.38 bits per heavy atom. The number of carbonyl (C=O) groups is 1. The van der Waals surface area contributed by atoms with Crippen molar-refractivity contribution in [3.05, 3.63) is 65.1 Å². The van der Waals surface area contributed by atoms with Crippen LogP contribution >= 0.6 is 0 Å². The van der Waals surface area contributed by atoms with Gasteiger partial charge in [-0.3, -0.25) is 0 Å². The summed E-state index contributed by atoms with van der Waals surface area (Å²) in [5.74, 6) is 0.616. The quantitative estimate of drug-likeness (QED) is 0.497. The van der Waals surface area contributed by atoms with Crippen molar-refractivity contribution in [2.24, 2.45) is 0 Å². The molecular weight excluding hydrogens is 407 g/mol. The normalized spacial score (nSPS) is 17.2. The molecule has 0 radical (unpaired) electrons. The van der Waals surface area contributed by atoms with Crippen LogP contribution in [0.5, 0.6) is 5.75 Å². The van der Waals surface area contributed by atoms with Crippen LogP contribution in [0.3, 0.4) is 0 Å². The molecule has 170 valence electrons. The summed E-state index contributed by atoms with van der Waals surface area (Å²) in [4.78, 5) is 12.3. The topological polar surface area (TPSA) is 92.0 Å². The maximum atomic E-state index is 12.3. The predicted octanol–water partition coefficient (Wildman–Crippen LogP) is 4.22. The Morgan fingerprint density at radius 2 is 1.75 bits per heavy atom. The van der Waals surface area contributed by atoms with Gasteiger partial charge in [0.05, 0.1) is 18.3 Å². The van der Waals surface area contributed by atoms with Crippen LogP contribution in [0.1, 0.15) is 38.8 Å². The van der Waals surface area contributed by atoms with Crippen LogP contribution in [-0.4, -0.2) is 38.1 Å². The monoisotopic (exact) mass is 438 g/mol. The summed E-state index contributed by atoms with van der Waals surface area (Å²) in [6.45, 7) is 8.30. The molecule has 2 aromatic carbocycles. The number of benzene rings is 2. The highest BCUT2D eigenvalue weighted by Crippen LogP contribution is 2.39. The van der Waals surface area contributed by atoms with Gasteiger partial charge >= 0.3 is 13.2 Å². The number of ether oxygens (including phenoxy) is 2. The number of alkyl carbamates (subject to hydrolysis) is 1. The number of rotatable bonds is 7. The van der Waals surface area contributed by atoms with Crippen molar-refractivity contribution in [2.75, 3.05) is 19.4 Å². The number of nitrogens with one attached hydrogen (secondary N) is 1. The molecular formula is C24H31BN2O5. The van der Waals surface area contributed by atoms with Crippen molar-refractivity contribution in [3.63, 3.8) is 0 Å². The minimum Gasteiger partial charge on any atom is -0.496 e. The third-order valence-electron chi connectivity index (χ3n) is 5.80.